The smallest absolute Gasteiger partial charge is 0.222 e. The van der Waals surface area contributed by atoms with Crippen molar-refractivity contribution in [3.8, 4) is 0 Å². The second-order valence-electron chi connectivity index (χ2n) is 8.68. The molecule has 5 rings (SSSR count). The Bertz CT molecular complexity index is 1250. The molecule has 7 nitrogen and oxygen atoms in total. The minimum absolute atomic E-state index is 0.218. The molecular weight excluding hydrogens is 412 g/mol. The summed E-state index contributed by atoms with van der Waals surface area (Å²) in [5.41, 5.74) is 5.24. The molecule has 168 valence electrons. The number of nitrogens with zero attached hydrogens (tertiary/aromatic N) is 4. The van der Waals surface area contributed by atoms with Gasteiger partial charge >= 0.3 is 0 Å². The standard InChI is InChI=1S/C26H28N6O/c1-18-13-21(31-25-16-27-10-11-28-25)14-24(30-18)20-5-4-12-32(17-20)26(33)9-8-19-15-29-23-7-3-2-6-22(19)23/h2-3,6-7,10-11,13-16,20,29H,4-5,8-9,12,17H2,1H3,(H,28,30,31). The van der Waals surface area contributed by atoms with E-state index in [-0.39, 0.29) is 11.8 Å². The van der Waals surface area contributed by atoms with Gasteiger partial charge in [-0.1, -0.05) is 18.2 Å². The van der Waals surface area contributed by atoms with Crippen molar-refractivity contribution < 1.29 is 4.79 Å². The van der Waals surface area contributed by atoms with Crippen molar-refractivity contribution in [1.82, 2.24) is 24.8 Å². The molecule has 0 radical (unpaired) electrons. The highest BCUT2D eigenvalue weighted by Gasteiger charge is 2.26. The molecule has 1 aliphatic rings. The van der Waals surface area contributed by atoms with E-state index in [0.717, 1.165) is 48.4 Å². The molecule has 1 saturated heterocycles. The van der Waals surface area contributed by atoms with Crippen molar-refractivity contribution in [1.29, 1.82) is 0 Å². The summed E-state index contributed by atoms with van der Waals surface area (Å²) in [5, 5.41) is 4.51. The van der Waals surface area contributed by atoms with E-state index in [1.807, 2.05) is 36.2 Å². The van der Waals surface area contributed by atoms with Gasteiger partial charge in [0.05, 0.1) is 6.20 Å². The Morgan fingerprint density at radius 1 is 1.24 bits per heavy atom. The molecule has 7 heteroatoms. The second kappa shape index (κ2) is 9.40. The Morgan fingerprint density at radius 2 is 2.15 bits per heavy atom. The Balaban J connectivity index is 1.25. The second-order valence-corrected chi connectivity index (χ2v) is 8.68. The maximum atomic E-state index is 13.0. The average molecular weight is 441 g/mol. The zero-order chi connectivity index (χ0) is 22.6. The van der Waals surface area contributed by atoms with Crippen LogP contribution < -0.4 is 5.32 Å². The van der Waals surface area contributed by atoms with Crippen molar-refractivity contribution in [3.05, 3.63) is 78.1 Å². The quantitative estimate of drug-likeness (QED) is 0.452. The molecule has 0 aliphatic carbocycles. The first-order chi connectivity index (χ1) is 16.2. The maximum Gasteiger partial charge on any atom is 0.222 e. The maximum absolute atomic E-state index is 13.0. The fourth-order valence-electron chi connectivity index (χ4n) is 4.67. The van der Waals surface area contributed by atoms with Crippen LogP contribution in [0.4, 0.5) is 11.5 Å². The molecule has 4 heterocycles. The number of hydrogen-bond donors (Lipinski definition) is 2. The lowest BCUT2D eigenvalue weighted by atomic mass is 9.93. The number of nitrogens with one attached hydrogen (secondary N) is 2. The number of likely N-dealkylation sites (tertiary alicyclic amines) is 1. The summed E-state index contributed by atoms with van der Waals surface area (Å²) in [6, 6.07) is 12.3. The molecular formula is C26H28N6O. The van der Waals surface area contributed by atoms with Gasteiger partial charge in [-0.25, -0.2) is 4.98 Å². The number of carbonyl (C=O) groups is 1. The van der Waals surface area contributed by atoms with Crippen LogP contribution in [0.3, 0.4) is 0 Å². The third kappa shape index (κ3) is 4.87. The van der Waals surface area contributed by atoms with Gasteiger partial charge in [0.1, 0.15) is 5.82 Å². The number of aromatic nitrogens is 4. The van der Waals surface area contributed by atoms with Crippen LogP contribution in [0.1, 0.15) is 42.1 Å². The first-order valence-electron chi connectivity index (χ1n) is 11.5. The van der Waals surface area contributed by atoms with Crippen molar-refractivity contribution in [2.75, 3.05) is 18.4 Å². The van der Waals surface area contributed by atoms with Gasteiger partial charge in [-0.3, -0.25) is 14.8 Å². The van der Waals surface area contributed by atoms with Gasteiger partial charge in [0, 0.05) is 72.0 Å². The third-order valence-corrected chi connectivity index (χ3v) is 6.28. The molecule has 4 aromatic rings. The Labute approximate surface area is 193 Å². The summed E-state index contributed by atoms with van der Waals surface area (Å²) in [6.07, 6.45) is 10.3. The monoisotopic (exact) mass is 440 g/mol. The topological polar surface area (TPSA) is 86.8 Å². The van der Waals surface area contributed by atoms with Gasteiger partial charge in [-0.05, 0) is 49.9 Å². The summed E-state index contributed by atoms with van der Waals surface area (Å²) in [6.45, 7) is 3.53. The molecule has 3 aromatic heterocycles. The molecule has 0 bridgehead atoms. The molecule has 0 saturated carbocycles. The van der Waals surface area contributed by atoms with E-state index in [1.165, 1.54) is 10.9 Å². The highest BCUT2D eigenvalue weighted by molar-refractivity contribution is 5.84. The highest BCUT2D eigenvalue weighted by Crippen LogP contribution is 2.29. The molecule has 1 aliphatic heterocycles. The first-order valence-corrected chi connectivity index (χ1v) is 11.5. The highest BCUT2D eigenvalue weighted by atomic mass is 16.2. The number of fused-ring (bicyclic) bond motifs is 1. The Hall–Kier alpha value is -3.74. The molecule has 2 N–H and O–H groups in total. The van der Waals surface area contributed by atoms with Crippen LogP contribution in [0.5, 0.6) is 0 Å². The number of anilines is 2. The normalized spacial score (nSPS) is 16.2. The zero-order valence-corrected chi connectivity index (χ0v) is 18.8. The summed E-state index contributed by atoms with van der Waals surface area (Å²) in [7, 11) is 0. The summed E-state index contributed by atoms with van der Waals surface area (Å²) in [5.74, 6) is 1.15. The first kappa shape index (κ1) is 21.1. The number of pyridine rings is 1. The lowest BCUT2D eigenvalue weighted by Gasteiger charge is -2.33. The molecule has 1 unspecified atom stereocenters. The number of aryl methyl sites for hydroxylation is 2. The van der Waals surface area contributed by atoms with Gasteiger partial charge in [-0.15, -0.1) is 0 Å². The third-order valence-electron chi connectivity index (χ3n) is 6.28. The number of aromatic amines is 1. The van der Waals surface area contributed by atoms with E-state index < -0.39 is 0 Å². The van der Waals surface area contributed by atoms with Crippen LogP contribution in [0.15, 0.2) is 61.2 Å². The number of para-hydroxylation sites is 1. The molecule has 1 aromatic carbocycles. The van der Waals surface area contributed by atoms with Crippen LogP contribution in [-0.2, 0) is 11.2 Å². The van der Waals surface area contributed by atoms with E-state index in [9.17, 15) is 4.79 Å². The number of benzene rings is 1. The largest absolute Gasteiger partial charge is 0.361 e. The van der Waals surface area contributed by atoms with Crippen molar-refractivity contribution >= 4 is 28.3 Å². The SMILES string of the molecule is Cc1cc(Nc2cnccn2)cc(C2CCCN(C(=O)CCc3c[nH]c4ccccc34)C2)n1. The predicted octanol–water partition coefficient (Wildman–Crippen LogP) is 4.74. The van der Waals surface area contributed by atoms with Crippen LogP contribution in [0.25, 0.3) is 10.9 Å². The van der Waals surface area contributed by atoms with Crippen molar-refractivity contribution in [2.24, 2.45) is 0 Å². The number of rotatable bonds is 6. The number of carbonyl (C=O) groups excluding carboxylic acids is 1. The fraction of sp³-hybridized carbons (Fsp3) is 0.308. The fourth-order valence-corrected chi connectivity index (χ4v) is 4.67. The van der Waals surface area contributed by atoms with E-state index in [0.29, 0.717) is 18.8 Å². The molecule has 1 atom stereocenters. The van der Waals surface area contributed by atoms with Crippen molar-refractivity contribution in [3.63, 3.8) is 0 Å². The van der Waals surface area contributed by atoms with E-state index in [2.05, 4.69) is 38.5 Å². The average Bonchev–Trinajstić information content (AvgIpc) is 3.26. The molecule has 0 spiro atoms. The summed E-state index contributed by atoms with van der Waals surface area (Å²) < 4.78 is 0. The van der Waals surface area contributed by atoms with Gasteiger partial charge in [0.2, 0.25) is 5.91 Å². The van der Waals surface area contributed by atoms with Crippen LogP contribution in [-0.4, -0.2) is 43.8 Å². The minimum Gasteiger partial charge on any atom is -0.361 e. The van der Waals surface area contributed by atoms with Gasteiger partial charge in [-0.2, -0.15) is 0 Å². The number of amides is 1. The van der Waals surface area contributed by atoms with Crippen LogP contribution in [0.2, 0.25) is 0 Å². The van der Waals surface area contributed by atoms with Gasteiger partial charge in [0.15, 0.2) is 0 Å². The lowest BCUT2D eigenvalue weighted by molar-refractivity contribution is -0.132. The van der Waals surface area contributed by atoms with Crippen LogP contribution in [0, 0.1) is 6.92 Å². The Morgan fingerprint density at radius 3 is 3.03 bits per heavy atom. The Kier molecular flexibility index (Phi) is 6.02. The zero-order valence-electron chi connectivity index (χ0n) is 18.8. The summed E-state index contributed by atoms with van der Waals surface area (Å²) in [4.78, 5) is 31.6. The van der Waals surface area contributed by atoms with E-state index >= 15 is 0 Å². The minimum atomic E-state index is 0.218. The van der Waals surface area contributed by atoms with Gasteiger partial charge < -0.3 is 15.2 Å². The molecule has 33 heavy (non-hydrogen) atoms. The number of hydrogen-bond acceptors (Lipinski definition) is 5. The summed E-state index contributed by atoms with van der Waals surface area (Å²) >= 11 is 0. The number of piperidine rings is 1. The lowest BCUT2D eigenvalue weighted by Crippen LogP contribution is -2.39. The van der Waals surface area contributed by atoms with E-state index in [1.54, 1.807) is 18.6 Å². The molecule has 1 amide bonds. The van der Waals surface area contributed by atoms with Crippen LogP contribution >= 0.6 is 0 Å². The van der Waals surface area contributed by atoms with E-state index in [4.69, 9.17) is 4.98 Å². The van der Waals surface area contributed by atoms with Gasteiger partial charge in [0.25, 0.3) is 0 Å². The predicted molar refractivity (Wildman–Crippen MR) is 129 cm³/mol. The molecule has 1 fully saturated rings. The number of H-pyrrole nitrogens is 1. The van der Waals surface area contributed by atoms with Crippen molar-refractivity contribution in [2.45, 2.75) is 38.5 Å².